The number of fused-ring (bicyclic) bond motifs is 3. The van der Waals surface area contributed by atoms with Crippen LogP contribution in [0.15, 0.2) is 66.7 Å². The Labute approximate surface area is 161 Å². The van der Waals surface area contributed by atoms with Crippen molar-refractivity contribution in [1.82, 2.24) is 0 Å². The fraction of sp³-hybridized carbons (Fsp3) is 0.280. The van der Waals surface area contributed by atoms with E-state index in [9.17, 15) is 0 Å². The Morgan fingerprint density at radius 2 is 1.41 bits per heavy atom. The molecular formula is C25H26FN. The third kappa shape index (κ3) is 2.75. The molecule has 0 aliphatic heterocycles. The van der Waals surface area contributed by atoms with E-state index >= 15 is 4.39 Å². The Kier molecular flexibility index (Phi) is 3.92. The van der Waals surface area contributed by atoms with Crippen LogP contribution < -0.4 is 4.90 Å². The second kappa shape index (κ2) is 5.95. The third-order valence-corrected chi connectivity index (χ3v) is 5.58. The molecule has 0 atom stereocenters. The molecule has 0 heterocycles. The Balaban J connectivity index is 1.95. The van der Waals surface area contributed by atoms with Gasteiger partial charge in [0.05, 0.1) is 5.69 Å². The molecule has 0 unspecified atom stereocenters. The van der Waals surface area contributed by atoms with Gasteiger partial charge in [-0.2, -0.15) is 0 Å². The third-order valence-electron chi connectivity index (χ3n) is 5.58. The van der Waals surface area contributed by atoms with Crippen LogP contribution >= 0.6 is 0 Å². The molecule has 0 bridgehead atoms. The monoisotopic (exact) mass is 359 g/mol. The van der Waals surface area contributed by atoms with Crippen LogP contribution in [-0.4, -0.2) is 5.54 Å². The van der Waals surface area contributed by atoms with Crippen LogP contribution in [-0.2, 0) is 5.41 Å². The smallest absolute Gasteiger partial charge is 0.147 e. The van der Waals surface area contributed by atoms with Gasteiger partial charge in [0.25, 0.3) is 0 Å². The molecule has 0 saturated heterocycles. The van der Waals surface area contributed by atoms with Crippen molar-refractivity contribution in [2.75, 3.05) is 4.90 Å². The van der Waals surface area contributed by atoms with Crippen LogP contribution in [0.4, 0.5) is 15.8 Å². The second-order valence-corrected chi connectivity index (χ2v) is 8.86. The quantitative estimate of drug-likeness (QED) is 0.473. The molecule has 0 spiro atoms. The summed E-state index contributed by atoms with van der Waals surface area (Å²) in [5.74, 6) is -0.181. The largest absolute Gasteiger partial charge is 0.334 e. The van der Waals surface area contributed by atoms with E-state index in [0.717, 1.165) is 16.8 Å². The predicted molar refractivity (Wildman–Crippen MR) is 112 cm³/mol. The molecule has 0 saturated carbocycles. The summed E-state index contributed by atoms with van der Waals surface area (Å²) in [5.41, 5.74) is 5.83. The highest BCUT2D eigenvalue weighted by molar-refractivity contribution is 5.83. The minimum atomic E-state index is -0.258. The van der Waals surface area contributed by atoms with Crippen LogP contribution in [0.2, 0.25) is 0 Å². The zero-order valence-corrected chi connectivity index (χ0v) is 16.7. The number of para-hydroxylation sites is 1. The lowest BCUT2D eigenvalue weighted by Crippen LogP contribution is -2.38. The maximum Gasteiger partial charge on any atom is 0.147 e. The van der Waals surface area contributed by atoms with Gasteiger partial charge in [0, 0.05) is 16.6 Å². The standard InChI is InChI=1S/C25H26FN/c1-24(2,3)27(17-11-7-6-8-12-17)23-16-21-19(15-22(23)26)18-13-9-10-14-20(18)25(21,4)5/h6-16H,1-5H3. The number of halogens is 1. The highest BCUT2D eigenvalue weighted by Crippen LogP contribution is 2.51. The molecule has 0 N–H and O–H groups in total. The zero-order chi connectivity index (χ0) is 19.4. The van der Waals surface area contributed by atoms with E-state index in [1.165, 1.54) is 11.1 Å². The molecule has 1 aliphatic carbocycles. The number of benzene rings is 3. The molecule has 0 amide bonds. The topological polar surface area (TPSA) is 3.24 Å². The van der Waals surface area contributed by atoms with Crippen molar-refractivity contribution in [3.63, 3.8) is 0 Å². The summed E-state index contributed by atoms with van der Waals surface area (Å²) in [6, 6.07) is 22.2. The first-order valence-electron chi connectivity index (χ1n) is 9.50. The van der Waals surface area contributed by atoms with Gasteiger partial charge < -0.3 is 4.90 Å². The number of hydrogen-bond acceptors (Lipinski definition) is 1. The lowest BCUT2D eigenvalue weighted by atomic mass is 9.82. The van der Waals surface area contributed by atoms with Gasteiger partial charge in [-0.25, -0.2) is 4.39 Å². The Morgan fingerprint density at radius 1 is 0.778 bits per heavy atom. The first kappa shape index (κ1) is 17.8. The fourth-order valence-corrected chi connectivity index (χ4v) is 4.35. The number of anilines is 2. The molecule has 4 rings (SSSR count). The van der Waals surface area contributed by atoms with Gasteiger partial charge in [-0.15, -0.1) is 0 Å². The molecule has 27 heavy (non-hydrogen) atoms. The summed E-state index contributed by atoms with van der Waals surface area (Å²) in [6.07, 6.45) is 0. The van der Waals surface area contributed by atoms with E-state index in [1.54, 1.807) is 6.07 Å². The van der Waals surface area contributed by atoms with Crippen molar-refractivity contribution < 1.29 is 4.39 Å². The molecule has 1 aliphatic rings. The van der Waals surface area contributed by atoms with Crippen LogP contribution in [0.3, 0.4) is 0 Å². The SMILES string of the molecule is CC1(C)c2ccccc2-c2cc(F)c(N(c3ccccc3)C(C)(C)C)cc21. The molecule has 0 radical (unpaired) electrons. The summed E-state index contributed by atoms with van der Waals surface area (Å²) in [4.78, 5) is 2.10. The number of hydrogen-bond donors (Lipinski definition) is 0. The molecule has 2 heteroatoms. The van der Waals surface area contributed by atoms with Gasteiger partial charge in [-0.1, -0.05) is 56.3 Å². The lowest BCUT2D eigenvalue weighted by molar-refractivity contribution is 0.540. The van der Waals surface area contributed by atoms with Crippen LogP contribution in [0.25, 0.3) is 11.1 Å². The van der Waals surface area contributed by atoms with E-state index in [0.29, 0.717) is 5.69 Å². The zero-order valence-electron chi connectivity index (χ0n) is 16.7. The van der Waals surface area contributed by atoms with Gasteiger partial charge in [0.15, 0.2) is 0 Å². The van der Waals surface area contributed by atoms with Crippen molar-refractivity contribution >= 4 is 11.4 Å². The second-order valence-electron chi connectivity index (χ2n) is 8.86. The van der Waals surface area contributed by atoms with Gasteiger partial charge in [-0.05, 0) is 67.3 Å². The molecule has 138 valence electrons. The minimum Gasteiger partial charge on any atom is -0.334 e. The highest BCUT2D eigenvalue weighted by Gasteiger charge is 2.37. The average Bonchev–Trinajstić information content (AvgIpc) is 2.83. The molecule has 0 aromatic heterocycles. The van der Waals surface area contributed by atoms with E-state index in [4.69, 9.17) is 0 Å². The molecule has 1 nitrogen and oxygen atoms in total. The number of rotatable bonds is 2. The normalized spacial score (nSPS) is 14.6. The first-order valence-corrected chi connectivity index (χ1v) is 9.50. The van der Waals surface area contributed by atoms with Gasteiger partial charge in [0.1, 0.15) is 5.82 Å². The van der Waals surface area contributed by atoms with Gasteiger partial charge >= 0.3 is 0 Å². The van der Waals surface area contributed by atoms with Gasteiger partial charge in [0.2, 0.25) is 0 Å². The minimum absolute atomic E-state index is 0.144. The fourth-order valence-electron chi connectivity index (χ4n) is 4.35. The first-order chi connectivity index (χ1) is 12.7. The molecular weight excluding hydrogens is 333 g/mol. The van der Waals surface area contributed by atoms with Crippen LogP contribution in [0.5, 0.6) is 0 Å². The van der Waals surface area contributed by atoms with Crippen LogP contribution in [0.1, 0.15) is 45.7 Å². The molecule has 3 aromatic carbocycles. The summed E-state index contributed by atoms with van der Waals surface area (Å²) in [6.45, 7) is 10.8. The predicted octanol–water partition coefficient (Wildman–Crippen LogP) is 7.07. The van der Waals surface area contributed by atoms with Crippen LogP contribution in [0, 0.1) is 5.82 Å². The Morgan fingerprint density at radius 3 is 2.07 bits per heavy atom. The molecule has 0 fully saturated rings. The van der Waals surface area contributed by atoms with E-state index in [1.807, 2.05) is 36.4 Å². The van der Waals surface area contributed by atoms with E-state index < -0.39 is 0 Å². The maximum atomic E-state index is 15.4. The average molecular weight is 359 g/mol. The Hall–Kier alpha value is -2.61. The summed E-state index contributed by atoms with van der Waals surface area (Å²) in [7, 11) is 0. The summed E-state index contributed by atoms with van der Waals surface area (Å²) < 4.78 is 15.4. The van der Waals surface area contributed by atoms with Crippen molar-refractivity contribution in [2.24, 2.45) is 0 Å². The van der Waals surface area contributed by atoms with Gasteiger partial charge in [-0.3, -0.25) is 0 Å². The maximum absolute atomic E-state index is 15.4. The van der Waals surface area contributed by atoms with Crippen molar-refractivity contribution in [1.29, 1.82) is 0 Å². The van der Waals surface area contributed by atoms with Crippen molar-refractivity contribution in [2.45, 2.75) is 45.6 Å². The summed E-state index contributed by atoms with van der Waals surface area (Å²) >= 11 is 0. The van der Waals surface area contributed by atoms with E-state index in [-0.39, 0.29) is 16.8 Å². The van der Waals surface area contributed by atoms with Crippen molar-refractivity contribution in [3.05, 3.63) is 83.7 Å². The highest BCUT2D eigenvalue weighted by atomic mass is 19.1. The lowest BCUT2D eigenvalue weighted by Gasteiger charge is -2.38. The Bertz CT molecular complexity index is 997. The van der Waals surface area contributed by atoms with Crippen molar-refractivity contribution in [3.8, 4) is 11.1 Å². The molecule has 3 aromatic rings. The summed E-state index contributed by atoms with van der Waals surface area (Å²) in [5, 5.41) is 0. The van der Waals surface area contributed by atoms with E-state index in [2.05, 4.69) is 63.8 Å². The number of nitrogens with zero attached hydrogens (tertiary/aromatic N) is 1.